The molecule has 0 aliphatic rings. The molecule has 0 spiro atoms. The van der Waals surface area contributed by atoms with Crippen molar-refractivity contribution in [2.75, 3.05) is 12.3 Å². The molecule has 7 nitrogen and oxygen atoms in total. The van der Waals surface area contributed by atoms with Gasteiger partial charge in [-0.1, -0.05) is 0 Å². The minimum absolute atomic E-state index is 0.109. The van der Waals surface area contributed by atoms with Gasteiger partial charge in [-0.3, -0.25) is 14.9 Å². The van der Waals surface area contributed by atoms with Crippen LogP contribution in [0.25, 0.3) is 0 Å². The average molecular weight is 275 g/mol. The number of nitrogen functional groups attached to an aromatic ring is 1. The second kappa shape index (κ2) is 6.03. The van der Waals surface area contributed by atoms with E-state index in [1.165, 1.54) is 0 Å². The number of nitrogens with two attached hydrogens (primary N) is 1. The second-order valence-electron chi connectivity index (χ2n) is 3.47. The van der Waals surface area contributed by atoms with Crippen LogP contribution in [0.2, 0.25) is 0 Å². The molecular weight excluding hydrogens is 264 g/mol. The van der Waals surface area contributed by atoms with Gasteiger partial charge in [-0.05, 0) is 6.92 Å². The maximum atomic E-state index is 12.7. The Bertz CT molecular complexity index is 508. The second-order valence-corrected chi connectivity index (χ2v) is 3.47. The van der Waals surface area contributed by atoms with E-state index in [0.717, 1.165) is 6.07 Å². The van der Waals surface area contributed by atoms with Gasteiger partial charge in [0.15, 0.2) is 0 Å². The molecule has 104 valence electrons. The Kier molecular flexibility index (Phi) is 4.67. The molecule has 0 fully saturated rings. The fraction of sp³-hybridized carbons (Fsp3) is 0.400. The number of anilines is 1. The smallest absolute Gasteiger partial charge is 0.311 e. The van der Waals surface area contributed by atoms with Gasteiger partial charge in [-0.25, -0.2) is 13.8 Å². The molecule has 0 saturated heterocycles. The molecule has 0 unspecified atom stereocenters. The lowest BCUT2D eigenvalue weighted by atomic mass is 10.2. The minimum atomic E-state index is -3.07. The molecule has 0 radical (unpaired) electrons. The average Bonchev–Trinajstić information content (AvgIpc) is 2.30. The molecule has 1 aromatic heterocycles. The zero-order valence-corrected chi connectivity index (χ0v) is 9.93. The van der Waals surface area contributed by atoms with Crippen molar-refractivity contribution in [1.29, 1.82) is 0 Å². The molecule has 1 rings (SSSR count). The molecule has 0 bridgehead atoms. The summed E-state index contributed by atoms with van der Waals surface area (Å²) in [6, 6.07) is 0.887. The summed E-state index contributed by atoms with van der Waals surface area (Å²) in [4.78, 5) is 24.5. The number of carbonyl (C=O) groups excluding carboxylic acids is 1. The number of carbonyl (C=O) groups is 1. The Morgan fingerprint density at radius 2 is 2.26 bits per heavy atom. The molecule has 2 N–H and O–H groups in total. The van der Waals surface area contributed by atoms with Gasteiger partial charge in [0.05, 0.1) is 23.6 Å². The molecular formula is C10H11F2N3O4. The van der Waals surface area contributed by atoms with E-state index in [-0.39, 0.29) is 12.3 Å². The fourth-order valence-electron chi connectivity index (χ4n) is 1.38. The van der Waals surface area contributed by atoms with E-state index in [0.29, 0.717) is 0 Å². The van der Waals surface area contributed by atoms with Crippen LogP contribution in [0.3, 0.4) is 0 Å². The van der Waals surface area contributed by atoms with Crippen molar-refractivity contribution in [3.8, 4) is 0 Å². The Hall–Kier alpha value is -2.32. The molecule has 0 aliphatic carbocycles. The van der Waals surface area contributed by atoms with E-state index in [1.807, 2.05) is 0 Å². The van der Waals surface area contributed by atoms with Gasteiger partial charge in [-0.15, -0.1) is 0 Å². The Balaban J connectivity index is 3.19. The number of hydrogen-bond donors (Lipinski definition) is 1. The lowest BCUT2D eigenvalue weighted by molar-refractivity contribution is -0.384. The van der Waals surface area contributed by atoms with Crippen molar-refractivity contribution >= 4 is 17.3 Å². The molecule has 9 heteroatoms. The predicted molar refractivity (Wildman–Crippen MR) is 60.6 cm³/mol. The molecule has 0 amide bonds. The lowest BCUT2D eigenvalue weighted by Crippen LogP contribution is -2.12. The van der Waals surface area contributed by atoms with Crippen molar-refractivity contribution in [2.45, 2.75) is 19.8 Å². The normalized spacial score (nSPS) is 10.5. The Labute approximate surface area is 106 Å². The van der Waals surface area contributed by atoms with E-state index in [2.05, 4.69) is 9.72 Å². The summed E-state index contributed by atoms with van der Waals surface area (Å²) >= 11 is 0. The SMILES string of the molecule is CCOC(=O)Cc1cc([N+](=O)[O-])c(N)c(C(F)F)n1. The van der Waals surface area contributed by atoms with Crippen LogP contribution < -0.4 is 5.73 Å². The van der Waals surface area contributed by atoms with Gasteiger partial charge < -0.3 is 10.5 Å². The van der Waals surface area contributed by atoms with Gasteiger partial charge in [-0.2, -0.15) is 0 Å². The number of ether oxygens (including phenoxy) is 1. The number of esters is 1. The highest BCUT2D eigenvalue weighted by molar-refractivity contribution is 5.73. The maximum absolute atomic E-state index is 12.7. The van der Waals surface area contributed by atoms with Gasteiger partial charge in [0.1, 0.15) is 11.4 Å². The number of pyridine rings is 1. The van der Waals surface area contributed by atoms with Gasteiger partial charge >= 0.3 is 5.97 Å². The van der Waals surface area contributed by atoms with E-state index in [9.17, 15) is 23.7 Å². The molecule has 0 atom stereocenters. The van der Waals surface area contributed by atoms with Crippen LogP contribution in [-0.4, -0.2) is 22.5 Å². The zero-order chi connectivity index (χ0) is 14.6. The zero-order valence-electron chi connectivity index (χ0n) is 9.93. The first-order valence-electron chi connectivity index (χ1n) is 5.24. The third-order valence-corrected chi connectivity index (χ3v) is 2.15. The first-order valence-corrected chi connectivity index (χ1v) is 5.24. The number of alkyl halides is 2. The van der Waals surface area contributed by atoms with Crippen LogP contribution in [0.15, 0.2) is 6.07 Å². The van der Waals surface area contributed by atoms with Crippen LogP contribution in [0.5, 0.6) is 0 Å². The Morgan fingerprint density at radius 3 is 2.74 bits per heavy atom. The number of hydrogen-bond acceptors (Lipinski definition) is 6. The van der Waals surface area contributed by atoms with Gasteiger partial charge in [0.25, 0.3) is 12.1 Å². The highest BCUT2D eigenvalue weighted by atomic mass is 19.3. The number of aromatic nitrogens is 1. The summed E-state index contributed by atoms with van der Waals surface area (Å²) in [5.41, 5.74) is 2.74. The number of nitro groups is 1. The Morgan fingerprint density at radius 1 is 1.63 bits per heavy atom. The molecule has 1 aromatic rings. The van der Waals surface area contributed by atoms with Crippen LogP contribution in [-0.2, 0) is 16.0 Å². The topological polar surface area (TPSA) is 108 Å². The van der Waals surface area contributed by atoms with Gasteiger partial charge in [0.2, 0.25) is 0 Å². The standard InChI is InChI=1S/C10H11F2N3O4/c1-2-19-7(16)4-5-3-6(15(17)18)8(13)9(14-5)10(11)12/h3,10H,2,4,13H2,1H3. The number of halogens is 2. The highest BCUT2D eigenvalue weighted by Gasteiger charge is 2.24. The molecule has 0 aromatic carbocycles. The molecule has 1 heterocycles. The summed E-state index contributed by atoms with van der Waals surface area (Å²) < 4.78 is 29.9. The predicted octanol–water partition coefficient (Wildman–Crippen LogP) is 1.62. The monoisotopic (exact) mass is 275 g/mol. The molecule has 0 aliphatic heterocycles. The third kappa shape index (κ3) is 3.57. The largest absolute Gasteiger partial charge is 0.466 e. The van der Waals surface area contributed by atoms with Crippen molar-refractivity contribution < 1.29 is 23.2 Å². The van der Waals surface area contributed by atoms with Gasteiger partial charge in [0, 0.05) is 6.07 Å². The highest BCUT2D eigenvalue weighted by Crippen LogP contribution is 2.31. The van der Waals surface area contributed by atoms with E-state index in [4.69, 9.17) is 5.73 Å². The minimum Gasteiger partial charge on any atom is -0.466 e. The summed E-state index contributed by atoms with van der Waals surface area (Å²) in [6.07, 6.45) is -3.50. The third-order valence-electron chi connectivity index (χ3n) is 2.15. The molecule has 19 heavy (non-hydrogen) atoms. The first-order chi connectivity index (χ1) is 8.86. The fourth-order valence-corrected chi connectivity index (χ4v) is 1.38. The van der Waals surface area contributed by atoms with Crippen molar-refractivity contribution in [3.05, 3.63) is 27.6 Å². The summed E-state index contributed by atoms with van der Waals surface area (Å²) in [5.74, 6) is -0.714. The van der Waals surface area contributed by atoms with E-state index >= 15 is 0 Å². The van der Waals surface area contributed by atoms with Crippen LogP contribution in [0.1, 0.15) is 24.7 Å². The van der Waals surface area contributed by atoms with Crippen molar-refractivity contribution in [3.63, 3.8) is 0 Å². The number of rotatable bonds is 5. The van der Waals surface area contributed by atoms with E-state index < -0.39 is 40.8 Å². The summed E-state index contributed by atoms with van der Waals surface area (Å²) in [5, 5.41) is 10.7. The van der Waals surface area contributed by atoms with Crippen molar-refractivity contribution in [1.82, 2.24) is 4.98 Å². The molecule has 0 saturated carbocycles. The number of nitrogens with zero attached hydrogens (tertiary/aromatic N) is 2. The van der Waals surface area contributed by atoms with Crippen LogP contribution in [0.4, 0.5) is 20.2 Å². The van der Waals surface area contributed by atoms with E-state index in [1.54, 1.807) is 6.92 Å². The summed E-state index contributed by atoms with van der Waals surface area (Å²) in [6.45, 7) is 1.68. The summed E-state index contributed by atoms with van der Waals surface area (Å²) in [7, 11) is 0. The van der Waals surface area contributed by atoms with Crippen LogP contribution in [0, 0.1) is 10.1 Å². The maximum Gasteiger partial charge on any atom is 0.311 e. The first kappa shape index (κ1) is 14.7. The van der Waals surface area contributed by atoms with Crippen molar-refractivity contribution in [2.24, 2.45) is 0 Å². The lowest BCUT2D eigenvalue weighted by Gasteiger charge is -2.07. The quantitative estimate of drug-likeness (QED) is 0.497. The van der Waals surface area contributed by atoms with Crippen LogP contribution >= 0.6 is 0 Å².